The van der Waals surface area contributed by atoms with Crippen molar-refractivity contribution in [3.05, 3.63) is 64.8 Å². The van der Waals surface area contributed by atoms with Gasteiger partial charge < -0.3 is 10.1 Å². The summed E-state index contributed by atoms with van der Waals surface area (Å²) in [5.74, 6) is -1.22. The lowest BCUT2D eigenvalue weighted by Gasteiger charge is -2.09. The molecule has 3 rings (SSSR count). The third kappa shape index (κ3) is 3.68. The quantitative estimate of drug-likeness (QED) is 0.613. The Morgan fingerprint density at radius 2 is 1.96 bits per heavy atom. The second-order valence-electron chi connectivity index (χ2n) is 5.46. The molecule has 0 fully saturated rings. The maximum atomic E-state index is 12.4. The summed E-state index contributed by atoms with van der Waals surface area (Å²) in [5, 5.41) is 10.0. The van der Waals surface area contributed by atoms with Crippen molar-refractivity contribution in [2.75, 3.05) is 6.54 Å². The predicted molar refractivity (Wildman–Crippen MR) is 95.6 cm³/mol. The lowest BCUT2D eigenvalue weighted by atomic mass is 10.1. The van der Waals surface area contributed by atoms with Gasteiger partial charge in [0.2, 0.25) is 10.0 Å². The van der Waals surface area contributed by atoms with Gasteiger partial charge >= 0.3 is 5.97 Å². The molecule has 130 valence electrons. The molecular formula is C17H15ClN2O4S. The highest BCUT2D eigenvalue weighted by molar-refractivity contribution is 7.89. The zero-order valence-corrected chi connectivity index (χ0v) is 14.6. The first-order valence-corrected chi connectivity index (χ1v) is 9.32. The van der Waals surface area contributed by atoms with Gasteiger partial charge in [0.05, 0.1) is 10.6 Å². The SMILES string of the molecule is O=C(O)c1ccc(Cl)c(S(=O)(=O)NCCc2c[nH]c3ccccc23)c1. The third-order valence-electron chi connectivity index (χ3n) is 3.83. The molecule has 0 saturated carbocycles. The van der Waals surface area contributed by atoms with E-state index < -0.39 is 16.0 Å². The number of aromatic amines is 1. The Labute approximate surface area is 149 Å². The summed E-state index contributed by atoms with van der Waals surface area (Å²) in [4.78, 5) is 13.9. The topological polar surface area (TPSA) is 99.3 Å². The molecule has 6 nitrogen and oxygen atoms in total. The number of fused-ring (bicyclic) bond motifs is 1. The predicted octanol–water partition coefficient (Wildman–Crippen LogP) is 3.04. The minimum Gasteiger partial charge on any atom is -0.478 e. The highest BCUT2D eigenvalue weighted by Crippen LogP contribution is 2.23. The second kappa shape index (κ2) is 6.87. The van der Waals surface area contributed by atoms with Crippen LogP contribution in [0.25, 0.3) is 10.9 Å². The first-order chi connectivity index (χ1) is 11.9. The number of halogens is 1. The van der Waals surface area contributed by atoms with Crippen LogP contribution in [0.4, 0.5) is 0 Å². The van der Waals surface area contributed by atoms with Gasteiger partial charge in [0.1, 0.15) is 4.90 Å². The number of aromatic carboxylic acids is 1. The molecule has 0 spiro atoms. The van der Waals surface area contributed by atoms with Crippen molar-refractivity contribution in [2.45, 2.75) is 11.3 Å². The highest BCUT2D eigenvalue weighted by Gasteiger charge is 2.20. The number of carbonyl (C=O) groups is 1. The smallest absolute Gasteiger partial charge is 0.335 e. The molecule has 0 aliphatic rings. The van der Waals surface area contributed by atoms with Gasteiger partial charge in [0.25, 0.3) is 0 Å². The van der Waals surface area contributed by atoms with Crippen LogP contribution in [0.3, 0.4) is 0 Å². The molecule has 0 aliphatic carbocycles. The summed E-state index contributed by atoms with van der Waals surface area (Å²) in [6.07, 6.45) is 2.33. The van der Waals surface area contributed by atoms with Gasteiger partial charge in [0.15, 0.2) is 0 Å². The molecule has 3 N–H and O–H groups in total. The van der Waals surface area contributed by atoms with Crippen LogP contribution in [-0.4, -0.2) is 31.0 Å². The van der Waals surface area contributed by atoms with E-state index in [0.29, 0.717) is 6.42 Å². The molecular weight excluding hydrogens is 364 g/mol. The normalized spacial score (nSPS) is 11.7. The minimum absolute atomic E-state index is 0.0235. The Hall–Kier alpha value is -2.35. The van der Waals surface area contributed by atoms with Crippen LogP contribution in [0.2, 0.25) is 5.02 Å². The molecule has 0 amide bonds. The first kappa shape index (κ1) is 17.5. The molecule has 8 heteroatoms. The number of carboxylic acids is 1. The molecule has 1 heterocycles. The van der Waals surface area contributed by atoms with Crippen LogP contribution in [0.5, 0.6) is 0 Å². The highest BCUT2D eigenvalue weighted by atomic mass is 35.5. The summed E-state index contributed by atoms with van der Waals surface area (Å²) < 4.78 is 27.3. The Bertz CT molecular complexity index is 1040. The van der Waals surface area contributed by atoms with Gasteiger partial charge in [-0.3, -0.25) is 0 Å². The van der Waals surface area contributed by atoms with E-state index in [1.165, 1.54) is 12.1 Å². The molecule has 1 aromatic heterocycles. The summed E-state index contributed by atoms with van der Waals surface area (Å²) in [6.45, 7) is 0.164. The van der Waals surface area contributed by atoms with Crippen LogP contribution in [0, 0.1) is 0 Å². The van der Waals surface area contributed by atoms with E-state index in [4.69, 9.17) is 16.7 Å². The number of sulfonamides is 1. The summed E-state index contributed by atoms with van der Waals surface area (Å²) >= 11 is 5.92. The number of rotatable bonds is 6. The Kier molecular flexibility index (Phi) is 4.80. The Morgan fingerprint density at radius 1 is 1.20 bits per heavy atom. The van der Waals surface area contributed by atoms with Gasteiger partial charge in [0, 0.05) is 23.6 Å². The monoisotopic (exact) mass is 378 g/mol. The number of hydrogen-bond acceptors (Lipinski definition) is 3. The molecule has 2 aromatic carbocycles. The maximum absolute atomic E-state index is 12.4. The zero-order chi connectivity index (χ0) is 18.0. The lowest BCUT2D eigenvalue weighted by Crippen LogP contribution is -2.26. The van der Waals surface area contributed by atoms with Crippen molar-refractivity contribution >= 4 is 38.5 Å². The molecule has 0 bridgehead atoms. The molecule has 0 unspecified atom stereocenters. The molecule has 3 aromatic rings. The van der Waals surface area contributed by atoms with Gasteiger partial charge in [-0.25, -0.2) is 17.9 Å². The first-order valence-electron chi connectivity index (χ1n) is 7.46. The molecule has 25 heavy (non-hydrogen) atoms. The number of carboxylic acid groups (broad SMARTS) is 1. The fourth-order valence-electron chi connectivity index (χ4n) is 2.58. The number of benzene rings is 2. The molecule has 0 aliphatic heterocycles. The summed E-state index contributed by atoms with van der Waals surface area (Å²) in [6, 6.07) is 11.3. The Balaban J connectivity index is 1.76. The average Bonchev–Trinajstić information content (AvgIpc) is 2.98. The van der Waals surface area contributed by atoms with Crippen molar-refractivity contribution < 1.29 is 18.3 Å². The van der Waals surface area contributed by atoms with E-state index in [2.05, 4.69) is 9.71 Å². The third-order valence-corrected chi connectivity index (χ3v) is 5.77. The number of nitrogens with one attached hydrogen (secondary N) is 2. The Morgan fingerprint density at radius 3 is 2.72 bits per heavy atom. The zero-order valence-electron chi connectivity index (χ0n) is 13.0. The van der Waals surface area contributed by atoms with Gasteiger partial charge in [-0.15, -0.1) is 0 Å². The van der Waals surface area contributed by atoms with Crippen molar-refractivity contribution in [3.63, 3.8) is 0 Å². The molecule has 0 saturated heterocycles. The second-order valence-corrected chi connectivity index (χ2v) is 7.60. The van der Waals surface area contributed by atoms with Gasteiger partial charge in [-0.05, 0) is 36.2 Å². The summed E-state index contributed by atoms with van der Waals surface area (Å²) in [5.41, 5.74) is 1.84. The van der Waals surface area contributed by atoms with Crippen molar-refractivity contribution in [1.82, 2.24) is 9.71 Å². The van der Waals surface area contributed by atoms with E-state index in [1.54, 1.807) is 0 Å². The number of para-hydroxylation sites is 1. The fourth-order valence-corrected chi connectivity index (χ4v) is 4.13. The van der Waals surface area contributed by atoms with E-state index in [1.807, 2.05) is 30.5 Å². The van der Waals surface area contributed by atoms with Gasteiger partial charge in [-0.1, -0.05) is 29.8 Å². The standard InChI is InChI=1S/C17H15ClN2O4S/c18-14-6-5-11(17(21)22)9-16(14)25(23,24)20-8-7-12-10-19-15-4-2-1-3-13(12)15/h1-6,9-10,19-20H,7-8H2,(H,21,22). The lowest BCUT2D eigenvalue weighted by molar-refractivity contribution is 0.0696. The van der Waals surface area contributed by atoms with Crippen LogP contribution in [0.1, 0.15) is 15.9 Å². The minimum atomic E-state index is -3.91. The van der Waals surface area contributed by atoms with E-state index in [0.717, 1.165) is 22.5 Å². The van der Waals surface area contributed by atoms with Crippen LogP contribution in [0.15, 0.2) is 53.6 Å². The molecule has 0 atom stereocenters. The molecule has 0 radical (unpaired) electrons. The van der Waals surface area contributed by atoms with Crippen LogP contribution >= 0.6 is 11.6 Å². The van der Waals surface area contributed by atoms with Crippen LogP contribution < -0.4 is 4.72 Å². The number of hydrogen-bond donors (Lipinski definition) is 3. The largest absolute Gasteiger partial charge is 0.478 e. The van der Waals surface area contributed by atoms with Gasteiger partial charge in [-0.2, -0.15) is 0 Å². The number of H-pyrrole nitrogens is 1. The fraction of sp³-hybridized carbons (Fsp3) is 0.118. The summed E-state index contributed by atoms with van der Waals surface area (Å²) in [7, 11) is -3.91. The number of aromatic nitrogens is 1. The van der Waals surface area contributed by atoms with E-state index in [-0.39, 0.29) is 22.0 Å². The van der Waals surface area contributed by atoms with Crippen LogP contribution in [-0.2, 0) is 16.4 Å². The van der Waals surface area contributed by atoms with Crippen molar-refractivity contribution in [3.8, 4) is 0 Å². The van der Waals surface area contributed by atoms with E-state index >= 15 is 0 Å². The van der Waals surface area contributed by atoms with Crippen molar-refractivity contribution in [2.24, 2.45) is 0 Å². The average molecular weight is 379 g/mol. The van der Waals surface area contributed by atoms with Crippen molar-refractivity contribution in [1.29, 1.82) is 0 Å². The maximum Gasteiger partial charge on any atom is 0.335 e. The van der Waals surface area contributed by atoms with E-state index in [9.17, 15) is 13.2 Å².